The van der Waals surface area contributed by atoms with Gasteiger partial charge in [-0.3, -0.25) is 18.6 Å². The predicted molar refractivity (Wildman–Crippen MR) is 189 cm³/mol. The molecule has 0 aromatic heterocycles. The van der Waals surface area contributed by atoms with Gasteiger partial charge in [0.1, 0.15) is 6.61 Å². The summed E-state index contributed by atoms with van der Waals surface area (Å²) in [5.41, 5.74) is 0. The molecule has 2 atom stereocenters. The van der Waals surface area contributed by atoms with Gasteiger partial charge in [0.15, 0.2) is 6.10 Å². The molecular formula is C37H69O8P. The quantitative estimate of drug-likeness (QED) is 0.0311. The Hall–Kier alpha value is -1.47. The van der Waals surface area contributed by atoms with Crippen molar-refractivity contribution in [3.8, 4) is 0 Å². The van der Waals surface area contributed by atoms with Crippen molar-refractivity contribution in [2.75, 3.05) is 19.8 Å². The van der Waals surface area contributed by atoms with Crippen LogP contribution in [0, 0.1) is 0 Å². The zero-order chi connectivity index (χ0) is 34.0. The predicted octanol–water partition coefficient (Wildman–Crippen LogP) is 11.1. The van der Waals surface area contributed by atoms with Gasteiger partial charge in [-0.25, -0.2) is 4.57 Å². The Morgan fingerprint density at radius 2 is 1.09 bits per heavy atom. The van der Waals surface area contributed by atoms with E-state index in [4.69, 9.17) is 18.5 Å². The molecule has 0 aliphatic rings. The molecule has 9 heteroatoms. The first-order valence-corrected chi connectivity index (χ1v) is 20.1. The van der Waals surface area contributed by atoms with Crippen molar-refractivity contribution in [3.63, 3.8) is 0 Å². The summed E-state index contributed by atoms with van der Waals surface area (Å²) in [6.45, 7) is 5.38. The summed E-state index contributed by atoms with van der Waals surface area (Å²) >= 11 is 0. The molecule has 2 unspecified atom stereocenters. The Balaban J connectivity index is 4.17. The second-order valence-corrected chi connectivity index (χ2v) is 13.7. The number of hydrogen-bond donors (Lipinski definition) is 1. The van der Waals surface area contributed by atoms with Crippen LogP contribution in [0.4, 0.5) is 0 Å². The second kappa shape index (κ2) is 33.4. The van der Waals surface area contributed by atoms with E-state index in [0.717, 1.165) is 64.2 Å². The van der Waals surface area contributed by atoms with Gasteiger partial charge >= 0.3 is 19.8 Å². The molecule has 0 aromatic rings. The van der Waals surface area contributed by atoms with E-state index in [2.05, 4.69) is 38.2 Å². The highest BCUT2D eigenvalue weighted by Gasteiger charge is 2.25. The number of phosphoric ester groups is 1. The molecule has 0 bridgehead atoms. The summed E-state index contributed by atoms with van der Waals surface area (Å²) in [6.07, 6.45) is 33.7. The topological polar surface area (TPSA) is 108 Å². The Morgan fingerprint density at radius 3 is 1.63 bits per heavy atom. The van der Waals surface area contributed by atoms with Gasteiger partial charge < -0.3 is 14.4 Å². The standard InChI is InChI=1S/C37H69O8P/c1-4-7-9-11-13-15-17-19-21-23-25-27-29-31-36(38)42-33-35(34-44-46(40,41)43-6-3)45-37(39)32-30-28-26-24-22-20-18-16-14-12-10-8-5-2/h10,12,16,18,35H,4-9,11,13-15,17,19-34H2,1-3H3,(H,40,41)/b12-10-,18-16-. The van der Waals surface area contributed by atoms with Crippen LogP contribution in [0.3, 0.4) is 0 Å². The maximum atomic E-state index is 12.5. The van der Waals surface area contributed by atoms with E-state index in [1.54, 1.807) is 6.92 Å². The Kier molecular flexibility index (Phi) is 32.4. The lowest BCUT2D eigenvalue weighted by Crippen LogP contribution is -2.29. The molecule has 46 heavy (non-hydrogen) atoms. The van der Waals surface area contributed by atoms with Gasteiger partial charge in [-0.05, 0) is 45.4 Å². The van der Waals surface area contributed by atoms with Crippen LogP contribution in [0.15, 0.2) is 24.3 Å². The first-order chi connectivity index (χ1) is 22.3. The van der Waals surface area contributed by atoms with E-state index in [1.165, 1.54) is 70.6 Å². The van der Waals surface area contributed by atoms with Crippen LogP contribution in [0.2, 0.25) is 0 Å². The van der Waals surface area contributed by atoms with Crippen molar-refractivity contribution in [2.45, 2.75) is 181 Å². The highest BCUT2D eigenvalue weighted by molar-refractivity contribution is 7.47. The number of allylic oxidation sites excluding steroid dienone is 4. The average Bonchev–Trinajstić information content (AvgIpc) is 3.03. The Labute approximate surface area is 282 Å². The van der Waals surface area contributed by atoms with Crippen molar-refractivity contribution >= 4 is 19.8 Å². The zero-order valence-corrected chi connectivity index (χ0v) is 30.6. The molecule has 0 amide bonds. The van der Waals surface area contributed by atoms with Crippen LogP contribution >= 0.6 is 7.82 Å². The summed E-state index contributed by atoms with van der Waals surface area (Å²) < 4.78 is 32.5. The van der Waals surface area contributed by atoms with E-state index in [-0.39, 0.29) is 25.6 Å². The molecule has 0 saturated carbocycles. The zero-order valence-electron chi connectivity index (χ0n) is 29.7. The first kappa shape index (κ1) is 44.5. The van der Waals surface area contributed by atoms with E-state index >= 15 is 0 Å². The minimum absolute atomic E-state index is 0.000971. The van der Waals surface area contributed by atoms with E-state index in [1.807, 2.05) is 0 Å². The summed E-state index contributed by atoms with van der Waals surface area (Å²) in [5.74, 6) is -0.812. The van der Waals surface area contributed by atoms with Gasteiger partial charge in [0.2, 0.25) is 0 Å². The van der Waals surface area contributed by atoms with Crippen LogP contribution in [0.25, 0.3) is 0 Å². The second-order valence-electron chi connectivity index (χ2n) is 12.2. The highest BCUT2D eigenvalue weighted by Crippen LogP contribution is 2.43. The molecule has 0 rings (SSSR count). The van der Waals surface area contributed by atoms with E-state index in [9.17, 15) is 19.0 Å². The smallest absolute Gasteiger partial charge is 0.462 e. The molecule has 1 N–H and O–H groups in total. The molecule has 270 valence electrons. The van der Waals surface area contributed by atoms with Gasteiger partial charge in [0.05, 0.1) is 13.2 Å². The Bertz CT molecular complexity index is 813. The van der Waals surface area contributed by atoms with Gasteiger partial charge in [-0.15, -0.1) is 0 Å². The molecular weight excluding hydrogens is 603 g/mol. The van der Waals surface area contributed by atoms with Crippen molar-refractivity contribution in [2.24, 2.45) is 0 Å². The fraction of sp³-hybridized carbons (Fsp3) is 0.838. The highest BCUT2D eigenvalue weighted by atomic mass is 31.2. The number of phosphoric acid groups is 1. The van der Waals surface area contributed by atoms with Crippen molar-refractivity contribution in [1.82, 2.24) is 0 Å². The number of carbonyl (C=O) groups is 2. The lowest BCUT2D eigenvalue weighted by atomic mass is 10.0. The molecule has 0 aliphatic carbocycles. The minimum Gasteiger partial charge on any atom is -0.462 e. The largest absolute Gasteiger partial charge is 0.472 e. The molecule has 0 heterocycles. The monoisotopic (exact) mass is 672 g/mol. The number of esters is 2. The number of unbranched alkanes of at least 4 members (excludes halogenated alkanes) is 18. The summed E-state index contributed by atoms with van der Waals surface area (Å²) in [4.78, 5) is 34.5. The van der Waals surface area contributed by atoms with Gasteiger partial charge in [0, 0.05) is 12.8 Å². The summed E-state index contributed by atoms with van der Waals surface area (Å²) in [6, 6.07) is 0. The van der Waals surface area contributed by atoms with Crippen LogP contribution in [-0.4, -0.2) is 42.8 Å². The molecule has 8 nitrogen and oxygen atoms in total. The molecule has 0 aliphatic heterocycles. The molecule has 0 saturated heterocycles. The third-order valence-corrected chi connectivity index (χ3v) is 8.80. The SMILES string of the molecule is CCC/C=C\C/C=C\CCCCCCCC(=O)OC(COC(=O)CCCCCCCCCCCCCCC)COP(=O)(O)OCC. The minimum atomic E-state index is -4.27. The molecule has 0 radical (unpaired) electrons. The van der Waals surface area contributed by atoms with Crippen LogP contribution in [0.5, 0.6) is 0 Å². The van der Waals surface area contributed by atoms with Crippen LogP contribution in [0.1, 0.15) is 175 Å². The van der Waals surface area contributed by atoms with E-state index in [0.29, 0.717) is 12.8 Å². The molecule has 0 spiro atoms. The Morgan fingerprint density at radius 1 is 0.587 bits per heavy atom. The van der Waals surface area contributed by atoms with E-state index < -0.39 is 26.5 Å². The lowest BCUT2D eigenvalue weighted by Gasteiger charge is -2.19. The lowest BCUT2D eigenvalue weighted by molar-refractivity contribution is -0.161. The maximum Gasteiger partial charge on any atom is 0.472 e. The van der Waals surface area contributed by atoms with Gasteiger partial charge in [0.25, 0.3) is 0 Å². The fourth-order valence-corrected chi connectivity index (χ4v) is 5.77. The summed E-state index contributed by atoms with van der Waals surface area (Å²) in [7, 11) is -4.27. The average molecular weight is 673 g/mol. The van der Waals surface area contributed by atoms with Crippen molar-refractivity contribution in [1.29, 1.82) is 0 Å². The van der Waals surface area contributed by atoms with Crippen molar-refractivity contribution < 1.29 is 37.6 Å². The van der Waals surface area contributed by atoms with Crippen LogP contribution in [-0.2, 0) is 32.7 Å². The first-order valence-electron chi connectivity index (χ1n) is 18.6. The third kappa shape index (κ3) is 32.5. The third-order valence-electron chi connectivity index (χ3n) is 7.74. The molecule has 0 fully saturated rings. The number of ether oxygens (including phenoxy) is 2. The van der Waals surface area contributed by atoms with Crippen LogP contribution < -0.4 is 0 Å². The van der Waals surface area contributed by atoms with Gasteiger partial charge in [-0.2, -0.15) is 0 Å². The number of hydrogen-bond acceptors (Lipinski definition) is 7. The molecule has 0 aromatic carbocycles. The number of carbonyl (C=O) groups excluding carboxylic acids is 2. The summed E-state index contributed by atoms with van der Waals surface area (Å²) in [5, 5.41) is 0. The number of rotatable bonds is 34. The van der Waals surface area contributed by atoms with Crippen molar-refractivity contribution in [3.05, 3.63) is 24.3 Å². The normalized spacial score (nSPS) is 13.7. The fourth-order valence-electron chi connectivity index (χ4n) is 5.02. The maximum absolute atomic E-state index is 12.5. The van der Waals surface area contributed by atoms with Gasteiger partial charge in [-0.1, -0.05) is 141 Å².